The molecular weight excluding hydrogens is 316 g/mol. The molecule has 1 aromatic heterocycles. The largest absolute Gasteiger partial charge is 0.391 e. The van der Waals surface area contributed by atoms with Crippen molar-refractivity contribution in [3.05, 3.63) is 28.5 Å². The molecule has 1 aliphatic carbocycles. The summed E-state index contributed by atoms with van der Waals surface area (Å²) in [6, 6.07) is 2.05. The zero-order chi connectivity index (χ0) is 14.8. The Morgan fingerprint density at radius 1 is 1.50 bits per heavy atom. The first-order valence-electron chi connectivity index (χ1n) is 7.39. The number of pyridine rings is 1. The fourth-order valence-corrected chi connectivity index (χ4v) is 3.96. The zero-order valence-corrected chi connectivity index (χ0v) is 14.2. The van der Waals surface area contributed by atoms with Crippen LogP contribution in [0.2, 0.25) is 0 Å². The molecule has 0 saturated heterocycles. The summed E-state index contributed by atoms with van der Waals surface area (Å²) in [5.74, 6) is 0.682. The molecule has 112 valence electrons. The Morgan fingerprint density at radius 3 is 2.85 bits per heavy atom. The van der Waals surface area contributed by atoms with Gasteiger partial charge in [-0.2, -0.15) is 0 Å². The molecule has 0 amide bonds. The van der Waals surface area contributed by atoms with Crippen LogP contribution in [0.4, 0.5) is 0 Å². The molecule has 1 fully saturated rings. The number of halogens is 1. The maximum atomic E-state index is 10.9. The lowest BCUT2D eigenvalue weighted by Crippen LogP contribution is -2.56. The van der Waals surface area contributed by atoms with Crippen LogP contribution in [0.25, 0.3) is 0 Å². The summed E-state index contributed by atoms with van der Waals surface area (Å²) >= 11 is 3.45. The van der Waals surface area contributed by atoms with Crippen molar-refractivity contribution in [2.24, 2.45) is 5.92 Å². The van der Waals surface area contributed by atoms with E-state index in [4.69, 9.17) is 0 Å². The predicted molar refractivity (Wildman–Crippen MR) is 85.7 cm³/mol. The van der Waals surface area contributed by atoms with E-state index in [0.717, 1.165) is 22.9 Å². The second-order valence-electron chi connectivity index (χ2n) is 6.43. The molecule has 1 heterocycles. The molecular formula is C16H25BrN2O. The normalized spacial score (nSPS) is 28.6. The van der Waals surface area contributed by atoms with Crippen LogP contribution in [0.15, 0.2) is 22.9 Å². The minimum Gasteiger partial charge on any atom is -0.391 e. The van der Waals surface area contributed by atoms with Crippen molar-refractivity contribution in [3.8, 4) is 0 Å². The molecule has 1 aromatic rings. The first-order valence-corrected chi connectivity index (χ1v) is 8.18. The third-order valence-electron chi connectivity index (χ3n) is 4.71. The highest BCUT2D eigenvalue weighted by Crippen LogP contribution is 2.39. The number of aliphatic hydroxyl groups is 1. The first-order chi connectivity index (χ1) is 9.44. The molecule has 3 atom stereocenters. The number of rotatable bonds is 4. The SMILES string of the molecule is CC1CCCC(C(O)Cc2cncc(Br)c2)(N(C)C)C1. The molecule has 3 nitrogen and oxygen atoms in total. The standard InChI is InChI=1S/C16H25BrN2O/c1-12-5-4-6-16(9-12,19(2)3)15(20)8-13-7-14(17)11-18-10-13/h7,10-12,15,20H,4-6,8-9H2,1-3H3. The van der Waals surface area contributed by atoms with Crippen LogP contribution in [0.1, 0.15) is 38.2 Å². The van der Waals surface area contributed by atoms with E-state index in [9.17, 15) is 5.11 Å². The maximum absolute atomic E-state index is 10.9. The summed E-state index contributed by atoms with van der Waals surface area (Å²) in [6.07, 6.45) is 8.57. The van der Waals surface area contributed by atoms with Crippen LogP contribution >= 0.6 is 15.9 Å². The molecule has 3 unspecified atom stereocenters. The Kier molecular flexibility index (Phi) is 5.21. The van der Waals surface area contributed by atoms with E-state index in [0.29, 0.717) is 12.3 Å². The molecule has 0 aromatic carbocycles. The van der Waals surface area contributed by atoms with Gasteiger partial charge in [0.2, 0.25) is 0 Å². The molecule has 0 aliphatic heterocycles. The first kappa shape index (κ1) is 15.9. The van der Waals surface area contributed by atoms with Crippen molar-refractivity contribution in [2.75, 3.05) is 14.1 Å². The van der Waals surface area contributed by atoms with Crippen molar-refractivity contribution < 1.29 is 5.11 Å². The number of likely N-dealkylation sites (N-methyl/N-ethyl adjacent to an activating group) is 1. The Labute approximate surface area is 130 Å². The van der Waals surface area contributed by atoms with Crippen LogP contribution in [0, 0.1) is 5.92 Å². The minimum absolute atomic E-state index is 0.0972. The van der Waals surface area contributed by atoms with Crippen LogP contribution in [0.5, 0.6) is 0 Å². The van der Waals surface area contributed by atoms with Crippen molar-refractivity contribution in [3.63, 3.8) is 0 Å². The highest BCUT2D eigenvalue weighted by atomic mass is 79.9. The molecule has 0 radical (unpaired) electrons. The van der Waals surface area contributed by atoms with Gasteiger partial charge in [-0.25, -0.2) is 0 Å². The summed E-state index contributed by atoms with van der Waals surface area (Å²) in [5.41, 5.74) is 0.992. The molecule has 1 aliphatic rings. The molecule has 1 N–H and O–H groups in total. The summed E-state index contributed by atoms with van der Waals surface area (Å²) in [7, 11) is 4.20. The number of hydrogen-bond donors (Lipinski definition) is 1. The van der Waals surface area contributed by atoms with Gasteiger partial charge in [-0.05, 0) is 60.4 Å². The predicted octanol–water partition coefficient (Wildman–Crippen LogP) is 3.26. The molecule has 4 heteroatoms. The molecule has 1 saturated carbocycles. The van der Waals surface area contributed by atoms with Gasteiger partial charge in [0.25, 0.3) is 0 Å². The zero-order valence-electron chi connectivity index (χ0n) is 12.6. The Morgan fingerprint density at radius 2 is 2.25 bits per heavy atom. The summed E-state index contributed by atoms with van der Waals surface area (Å²) in [6.45, 7) is 2.30. The fourth-order valence-electron chi connectivity index (χ4n) is 3.55. The van der Waals surface area contributed by atoms with E-state index >= 15 is 0 Å². The van der Waals surface area contributed by atoms with Crippen LogP contribution < -0.4 is 0 Å². The average molecular weight is 341 g/mol. The Hall–Kier alpha value is -0.450. The Balaban J connectivity index is 2.17. The van der Waals surface area contributed by atoms with E-state index in [2.05, 4.69) is 46.8 Å². The van der Waals surface area contributed by atoms with Gasteiger partial charge in [-0.3, -0.25) is 4.98 Å². The lowest BCUT2D eigenvalue weighted by Gasteiger charge is -2.48. The lowest BCUT2D eigenvalue weighted by atomic mass is 9.71. The van der Waals surface area contributed by atoms with Gasteiger partial charge in [0.15, 0.2) is 0 Å². The van der Waals surface area contributed by atoms with Crippen molar-refractivity contribution in [2.45, 2.75) is 50.7 Å². The van der Waals surface area contributed by atoms with E-state index in [1.807, 2.05) is 12.3 Å². The van der Waals surface area contributed by atoms with E-state index in [1.54, 1.807) is 6.20 Å². The second-order valence-corrected chi connectivity index (χ2v) is 7.35. The van der Waals surface area contributed by atoms with Gasteiger partial charge >= 0.3 is 0 Å². The van der Waals surface area contributed by atoms with Gasteiger partial charge in [-0.15, -0.1) is 0 Å². The monoisotopic (exact) mass is 340 g/mol. The minimum atomic E-state index is -0.351. The highest BCUT2D eigenvalue weighted by Gasteiger charge is 2.42. The summed E-state index contributed by atoms with van der Waals surface area (Å²) in [5, 5.41) is 10.9. The van der Waals surface area contributed by atoms with E-state index < -0.39 is 0 Å². The fraction of sp³-hybridized carbons (Fsp3) is 0.688. The number of nitrogens with zero attached hydrogens (tertiary/aromatic N) is 2. The highest BCUT2D eigenvalue weighted by molar-refractivity contribution is 9.10. The summed E-state index contributed by atoms with van der Waals surface area (Å²) < 4.78 is 0.970. The third-order valence-corrected chi connectivity index (χ3v) is 5.14. The molecule has 0 bridgehead atoms. The smallest absolute Gasteiger partial charge is 0.0764 e. The average Bonchev–Trinajstić information content (AvgIpc) is 2.38. The number of aliphatic hydroxyl groups excluding tert-OH is 1. The van der Waals surface area contributed by atoms with Crippen LogP contribution in [-0.4, -0.2) is 40.7 Å². The van der Waals surface area contributed by atoms with Crippen molar-refractivity contribution in [1.82, 2.24) is 9.88 Å². The number of hydrogen-bond acceptors (Lipinski definition) is 3. The molecule has 20 heavy (non-hydrogen) atoms. The van der Waals surface area contributed by atoms with Crippen LogP contribution in [-0.2, 0) is 6.42 Å². The van der Waals surface area contributed by atoms with Crippen molar-refractivity contribution >= 4 is 15.9 Å². The molecule has 0 spiro atoms. The van der Waals surface area contributed by atoms with Crippen LogP contribution in [0.3, 0.4) is 0 Å². The number of aromatic nitrogens is 1. The van der Waals surface area contributed by atoms with Gasteiger partial charge in [0, 0.05) is 28.8 Å². The molecule has 2 rings (SSSR count). The van der Waals surface area contributed by atoms with Gasteiger partial charge in [0.1, 0.15) is 0 Å². The van der Waals surface area contributed by atoms with Crippen molar-refractivity contribution in [1.29, 1.82) is 0 Å². The maximum Gasteiger partial charge on any atom is 0.0764 e. The summed E-state index contributed by atoms with van der Waals surface area (Å²) in [4.78, 5) is 6.43. The topological polar surface area (TPSA) is 36.4 Å². The van der Waals surface area contributed by atoms with Gasteiger partial charge in [-0.1, -0.05) is 19.8 Å². The quantitative estimate of drug-likeness (QED) is 0.913. The van der Waals surface area contributed by atoms with E-state index in [-0.39, 0.29) is 11.6 Å². The second kappa shape index (κ2) is 6.54. The van der Waals surface area contributed by atoms with Gasteiger partial charge in [0.05, 0.1) is 6.10 Å². The Bertz CT molecular complexity index is 452. The van der Waals surface area contributed by atoms with E-state index in [1.165, 1.54) is 12.8 Å². The van der Waals surface area contributed by atoms with Gasteiger partial charge < -0.3 is 10.0 Å². The lowest BCUT2D eigenvalue weighted by molar-refractivity contribution is -0.0425. The third kappa shape index (κ3) is 3.41.